The van der Waals surface area contributed by atoms with Crippen molar-refractivity contribution in [2.75, 3.05) is 6.61 Å². The van der Waals surface area contributed by atoms with Gasteiger partial charge in [-0.1, -0.05) is 129 Å². The van der Waals surface area contributed by atoms with Crippen LogP contribution < -0.4 is 5.32 Å². The molecule has 0 spiro atoms. The number of piperidine rings is 1. The van der Waals surface area contributed by atoms with Crippen LogP contribution in [0.1, 0.15) is 182 Å². The normalized spacial score (nSPS) is 18.0. The highest BCUT2D eigenvalue weighted by atomic mass is 16.5. The van der Waals surface area contributed by atoms with E-state index in [1.54, 1.807) is 0 Å². The second-order valence-corrected chi connectivity index (χ2v) is 13.8. The van der Waals surface area contributed by atoms with E-state index in [4.69, 9.17) is 4.74 Å². The van der Waals surface area contributed by atoms with Crippen molar-refractivity contribution in [2.45, 2.75) is 199 Å². The molecule has 2 N–H and O–H groups in total. The van der Waals surface area contributed by atoms with Crippen molar-refractivity contribution in [3.05, 3.63) is 0 Å². The number of nitrogens with one attached hydrogen (secondary N) is 1. The van der Waals surface area contributed by atoms with Crippen LogP contribution in [-0.4, -0.2) is 34.9 Å². The molecule has 0 aromatic heterocycles. The molecular weight excluding hydrogens is 470 g/mol. The van der Waals surface area contributed by atoms with E-state index in [-0.39, 0.29) is 0 Å². The molecule has 1 aliphatic rings. The van der Waals surface area contributed by atoms with E-state index in [0.717, 1.165) is 25.2 Å². The molecule has 0 aromatic carbocycles. The zero-order valence-corrected chi connectivity index (χ0v) is 26.4. The zero-order chi connectivity index (χ0) is 28.1. The number of hydrogen-bond acceptors (Lipinski definition) is 3. The van der Waals surface area contributed by atoms with Gasteiger partial charge in [0, 0.05) is 17.7 Å². The largest absolute Gasteiger partial charge is 0.479 e. The Morgan fingerprint density at radius 1 is 0.711 bits per heavy atom. The molecule has 1 atom stereocenters. The lowest BCUT2D eigenvalue weighted by Crippen LogP contribution is -2.57. The number of carboxylic acid groups (broad SMARTS) is 1. The molecule has 4 heteroatoms. The van der Waals surface area contributed by atoms with Gasteiger partial charge in [0.05, 0.1) is 0 Å². The highest BCUT2D eigenvalue weighted by Crippen LogP contribution is 2.35. The van der Waals surface area contributed by atoms with Crippen molar-refractivity contribution in [3.63, 3.8) is 0 Å². The zero-order valence-electron chi connectivity index (χ0n) is 26.4. The molecular formula is C34H67NO3. The average molecular weight is 538 g/mol. The molecule has 0 aliphatic carbocycles. The number of ether oxygens (including phenoxy) is 1. The predicted molar refractivity (Wildman–Crippen MR) is 164 cm³/mol. The first-order chi connectivity index (χ1) is 18.2. The Morgan fingerprint density at radius 2 is 1.08 bits per heavy atom. The van der Waals surface area contributed by atoms with Crippen molar-refractivity contribution in [3.8, 4) is 0 Å². The van der Waals surface area contributed by atoms with Gasteiger partial charge in [-0.05, 0) is 59.3 Å². The number of carbonyl (C=O) groups is 1. The average Bonchev–Trinajstić information content (AvgIpc) is 2.82. The molecule has 0 bridgehead atoms. The minimum absolute atomic E-state index is 0.299. The van der Waals surface area contributed by atoms with E-state index in [1.165, 1.54) is 122 Å². The van der Waals surface area contributed by atoms with Crippen LogP contribution in [0.3, 0.4) is 0 Å². The van der Waals surface area contributed by atoms with E-state index in [0.29, 0.717) is 24.1 Å². The maximum atomic E-state index is 11.2. The molecule has 1 rings (SSSR count). The standard InChI is InChI=1S/C34H67NO3/c1-6-27-38-31(32(36)37)26-24-22-20-18-16-14-12-10-8-7-9-11-13-15-17-19-21-23-25-30-28-33(2,3)35-34(4,5)29-30/h30-31,35H,6-29H2,1-5H3,(H,36,37). The first-order valence-corrected chi connectivity index (χ1v) is 16.8. The van der Waals surface area contributed by atoms with Gasteiger partial charge in [0.25, 0.3) is 0 Å². The Hall–Kier alpha value is -0.610. The van der Waals surface area contributed by atoms with Crippen molar-refractivity contribution in [1.82, 2.24) is 5.32 Å². The topological polar surface area (TPSA) is 58.6 Å². The molecule has 1 saturated heterocycles. The van der Waals surface area contributed by atoms with Gasteiger partial charge in [-0.15, -0.1) is 0 Å². The number of aliphatic carboxylic acids is 1. The molecule has 0 aromatic rings. The van der Waals surface area contributed by atoms with E-state index in [9.17, 15) is 9.90 Å². The lowest BCUT2D eigenvalue weighted by Gasteiger charge is -2.46. The van der Waals surface area contributed by atoms with Gasteiger partial charge in [-0.3, -0.25) is 0 Å². The van der Waals surface area contributed by atoms with E-state index >= 15 is 0 Å². The highest BCUT2D eigenvalue weighted by Gasteiger charge is 2.37. The SMILES string of the molecule is CCCOC(CCCCCCCCCCCCCCCCCCCCC1CC(C)(C)NC(C)(C)C1)C(=O)O. The fourth-order valence-electron chi connectivity index (χ4n) is 6.87. The number of carboxylic acids is 1. The summed E-state index contributed by atoms with van der Waals surface area (Å²) in [5.74, 6) is 0.100. The fraction of sp³-hybridized carbons (Fsp3) is 0.971. The summed E-state index contributed by atoms with van der Waals surface area (Å²) in [7, 11) is 0. The first kappa shape index (κ1) is 35.4. The van der Waals surface area contributed by atoms with Gasteiger partial charge in [0.15, 0.2) is 6.10 Å². The smallest absolute Gasteiger partial charge is 0.332 e. The lowest BCUT2D eigenvalue weighted by atomic mass is 9.74. The van der Waals surface area contributed by atoms with Gasteiger partial charge in [-0.25, -0.2) is 4.79 Å². The van der Waals surface area contributed by atoms with Crippen LogP contribution in [0.25, 0.3) is 0 Å². The lowest BCUT2D eigenvalue weighted by molar-refractivity contribution is -0.150. The summed E-state index contributed by atoms with van der Waals surface area (Å²) in [5.41, 5.74) is 0.599. The minimum Gasteiger partial charge on any atom is -0.479 e. The van der Waals surface area contributed by atoms with Crippen LogP contribution in [0, 0.1) is 5.92 Å². The molecule has 0 radical (unpaired) electrons. The van der Waals surface area contributed by atoms with Crippen LogP contribution >= 0.6 is 0 Å². The summed E-state index contributed by atoms with van der Waals surface area (Å²) < 4.78 is 5.42. The maximum Gasteiger partial charge on any atom is 0.332 e. The Morgan fingerprint density at radius 3 is 1.45 bits per heavy atom. The third kappa shape index (κ3) is 19.4. The minimum atomic E-state index is -0.805. The Bertz CT molecular complexity index is 558. The molecule has 0 saturated carbocycles. The van der Waals surface area contributed by atoms with Crippen molar-refractivity contribution < 1.29 is 14.6 Å². The van der Waals surface area contributed by atoms with Crippen molar-refractivity contribution in [2.24, 2.45) is 5.92 Å². The molecule has 38 heavy (non-hydrogen) atoms. The van der Waals surface area contributed by atoms with Crippen LogP contribution in [-0.2, 0) is 9.53 Å². The van der Waals surface area contributed by atoms with Crippen LogP contribution in [0.4, 0.5) is 0 Å². The maximum absolute atomic E-state index is 11.2. The van der Waals surface area contributed by atoms with E-state index in [2.05, 4.69) is 33.0 Å². The van der Waals surface area contributed by atoms with Crippen LogP contribution in [0.5, 0.6) is 0 Å². The third-order valence-corrected chi connectivity index (χ3v) is 8.40. The molecule has 1 fully saturated rings. The Labute approximate surface area is 237 Å². The first-order valence-electron chi connectivity index (χ1n) is 16.8. The van der Waals surface area contributed by atoms with Gasteiger partial charge in [-0.2, -0.15) is 0 Å². The number of unbranched alkanes of at least 4 members (excludes halogenated alkanes) is 17. The number of rotatable bonds is 25. The summed E-state index contributed by atoms with van der Waals surface area (Å²) in [6.45, 7) is 12.1. The van der Waals surface area contributed by atoms with Crippen LogP contribution in [0.2, 0.25) is 0 Å². The second-order valence-electron chi connectivity index (χ2n) is 13.8. The van der Waals surface area contributed by atoms with E-state index in [1.807, 2.05) is 6.92 Å². The molecule has 226 valence electrons. The summed E-state index contributed by atoms with van der Waals surface area (Å²) in [4.78, 5) is 11.2. The quantitative estimate of drug-likeness (QED) is 0.114. The molecule has 1 unspecified atom stereocenters. The summed E-state index contributed by atoms with van der Waals surface area (Å²) >= 11 is 0. The summed E-state index contributed by atoms with van der Waals surface area (Å²) in [6.07, 6.45) is 29.5. The van der Waals surface area contributed by atoms with Gasteiger partial charge >= 0.3 is 5.97 Å². The van der Waals surface area contributed by atoms with Crippen molar-refractivity contribution >= 4 is 5.97 Å². The second kappa shape index (κ2) is 21.2. The molecule has 0 amide bonds. The van der Waals surface area contributed by atoms with E-state index < -0.39 is 12.1 Å². The van der Waals surface area contributed by atoms with Gasteiger partial charge in [0.2, 0.25) is 0 Å². The summed E-state index contributed by atoms with van der Waals surface area (Å²) in [6, 6.07) is 0. The predicted octanol–water partition coefficient (Wildman–Crippen LogP) is 10.2. The van der Waals surface area contributed by atoms with Crippen LogP contribution in [0.15, 0.2) is 0 Å². The number of hydrogen-bond donors (Lipinski definition) is 2. The Balaban J connectivity index is 1.79. The highest BCUT2D eigenvalue weighted by molar-refractivity contribution is 5.72. The molecule has 4 nitrogen and oxygen atoms in total. The van der Waals surface area contributed by atoms with Gasteiger partial charge < -0.3 is 15.2 Å². The third-order valence-electron chi connectivity index (χ3n) is 8.40. The fourth-order valence-corrected chi connectivity index (χ4v) is 6.87. The summed E-state index contributed by atoms with van der Waals surface area (Å²) in [5, 5.41) is 13.0. The van der Waals surface area contributed by atoms with Crippen molar-refractivity contribution in [1.29, 1.82) is 0 Å². The molecule has 1 heterocycles. The molecule has 1 aliphatic heterocycles. The Kier molecular flexibility index (Phi) is 19.7. The monoisotopic (exact) mass is 538 g/mol. The van der Waals surface area contributed by atoms with Gasteiger partial charge in [0.1, 0.15) is 0 Å².